The van der Waals surface area contributed by atoms with Gasteiger partial charge >= 0.3 is 0 Å². The van der Waals surface area contributed by atoms with E-state index in [1.165, 1.54) is 6.42 Å². The lowest BCUT2D eigenvalue weighted by atomic mass is 9.94. The fraction of sp³-hybridized carbons (Fsp3) is 0.462. The topological polar surface area (TPSA) is 49.4 Å². The summed E-state index contributed by atoms with van der Waals surface area (Å²) in [5.74, 6) is -0.0746. The monoisotopic (exact) mass is 440 g/mol. The highest BCUT2D eigenvalue weighted by molar-refractivity contribution is 6.31. The van der Waals surface area contributed by atoms with Crippen LogP contribution in [-0.2, 0) is 22.6 Å². The molecule has 0 saturated heterocycles. The molecule has 1 saturated carbocycles. The van der Waals surface area contributed by atoms with Crippen LogP contribution in [0.25, 0.3) is 0 Å². The SMILES string of the molecule is CCCC(=O)N(Cc1ccccc1Cl)[C@@H](Cc1ccccc1)C(=O)NC1CCCCC1. The molecular weight excluding hydrogens is 408 g/mol. The van der Waals surface area contributed by atoms with Crippen molar-refractivity contribution < 1.29 is 9.59 Å². The summed E-state index contributed by atoms with van der Waals surface area (Å²) in [6, 6.07) is 17.1. The number of benzene rings is 2. The minimum atomic E-state index is -0.570. The van der Waals surface area contributed by atoms with Crippen molar-refractivity contribution in [3.63, 3.8) is 0 Å². The second kappa shape index (κ2) is 11.9. The molecular formula is C26H33ClN2O2. The van der Waals surface area contributed by atoms with Gasteiger partial charge in [0.25, 0.3) is 0 Å². The molecule has 2 amide bonds. The molecule has 0 aliphatic heterocycles. The number of carbonyl (C=O) groups is 2. The molecule has 31 heavy (non-hydrogen) atoms. The third kappa shape index (κ3) is 6.83. The highest BCUT2D eigenvalue weighted by atomic mass is 35.5. The summed E-state index contributed by atoms with van der Waals surface area (Å²) in [4.78, 5) is 28.4. The Bertz CT molecular complexity index is 849. The van der Waals surface area contributed by atoms with Gasteiger partial charge in [0.1, 0.15) is 6.04 Å². The van der Waals surface area contributed by atoms with Crippen LogP contribution in [-0.4, -0.2) is 28.8 Å². The zero-order valence-corrected chi connectivity index (χ0v) is 19.1. The molecule has 5 heteroatoms. The number of halogens is 1. The second-order valence-electron chi connectivity index (χ2n) is 8.41. The van der Waals surface area contributed by atoms with E-state index in [-0.39, 0.29) is 17.9 Å². The van der Waals surface area contributed by atoms with Crippen LogP contribution in [0, 0.1) is 0 Å². The predicted molar refractivity (Wildman–Crippen MR) is 126 cm³/mol. The maximum atomic E-state index is 13.5. The Kier molecular flexibility index (Phi) is 8.96. The summed E-state index contributed by atoms with van der Waals surface area (Å²) in [5, 5.41) is 3.87. The van der Waals surface area contributed by atoms with E-state index in [9.17, 15) is 9.59 Å². The van der Waals surface area contributed by atoms with Crippen LogP contribution >= 0.6 is 11.6 Å². The van der Waals surface area contributed by atoms with Gasteiger partial charge in [-0.25, -0.2) is 0 Å². The average Bonchev–Trinajstić information content (AvgIpc) is 2.79. The van der Waals surface area contributed by atoms with Crippen LogP contribution in [0.4, 0.5) is 0 Å². The molecule has 1 atom stereocenters. The summed E-state index contributed by atoms with van der Waals surface area (Å²) in [7, 11) is 0. The maximum Gasteiger partial charge on any atom is 0.243 e. The molecule has 2 aromatic rings. The average molecular weight is 441 g/mol. The number of nitrogens with zero attached hydrogens (tertiary/aromatic N) is 1. The van der Waals surface area contributed by atoms with E-state index in [0.717, 1.165) is 43.2 Å². The van der Waals surface area contributed by atoms with Gasteiger partial charge in [-0.15, -0.1) is 0 Å². The molecule has 3 rings (SSSR count). The first-order valence-electron chi connectivity index (χ1n) is 11.5. The molecule has 0 bridgehead atoms. The Balaban J connectivity index is 1.89. The molecule has 0 radical (unpaired) electrons. The molecule has 166 valence electrons. The summed E-state index contributed by atoms with van der Waals surface area (Å²) in [5.41, 5.74) is 1.90. The molecule has 4 nitrogen and oxygen atoms in total. The third-order valence-electron chi connectivity index (χ3n) is 5.99. The van der Waals surface area contributed by atoms with E-state index in [0.29, 0.717) is 24.4 Å². The predicted octanol–water partition coefficient (Wildman–Crippen LogP) is 5.53. The zero-order valence-electron chi connectivity index (χ0n) is 18.4. The molecule has 0 spiro atoms. The second-order valence-corrected chi connectivity index (χ2v) is 8.82. The molecule has 2 aromatic carbocycles. The highest BCUT2D eigenvalue weighted by Gasteiger charge is 2.31. The van der Waals surface area contributed by atoms with Gasteiger partial charge in [0.2, 0.25) is 11.8 Å². The normalized spacial score (nSPS) is 15.3. The number of amides is 2. The van der Waals surface area contributed by atoms with E-state index >= 15 is 0 Å². The van der Waals surface area contributed by atoms with Crippen molar-refractivity contribution in [2.45, 2.75) is 76.9 Å². The molecule has 0 heterocycles. The lowest BCUT2D eigenvalue weighted by molar-refractivity contribution is -0.141. The van der Waals surface area contributed by atoms with Crippen molar-refractivity contribution >= 4 is 23.4 Å². The van der Waals surface area contributed by atoms with E-state index in [4.69, 9.17) is 11.6 Å². The van der Waals surface area contributed by atoms with Gasteiger partial charge in [-0.05, 0) is 36.5 Å². The fourth-order valence-electron chi connectivity index (χ4n) is 4.27. The van der Waals surface area contributed by atoms with E-state index < -0.39 is 6.04 Å². The smallest absolute Gasteiger partial charge is 0.243 e. The van der Waals surface area contributed by atoms with Crippen molar-refractivity contribution in [1.29, 1.82) is 0 Å². The van der Waals surface area contributed by atoms with Gasteiger partial charge in [-0.2, -0.15) is 0 Å². The molecule has 1 N–H and O–H groups in total. The van der Waals surface area contributed by atoms with Gasteiger partial charge in [0.15, 0.2) is 0 Å². The van der Waals surface area contributed by atoms with Crippen LogP contribution < -0.4 is 5.32 Å². The van der Waals surface area contributed by atoms with Crippen molar-refractivity contribution in [2.24, 2.45) is 0 Å². The Morgan fingerprint density at radius 1 is 1.03 bits per heavy atom. The molecule has 0 unspecified atom stereocenters. The van der Waals surface area contributed by atoms with Crippen molar-refractivity contribution in [3.05, 3.63) is 70.7 Å². The lowest BCUT2D eigenvalue weighted by Crippen LogP contribution is -2.52. The Labute approximate surface area is 191 Å². The summed E-state index contributed by atoms with van der Waals surface area (Å²) >= 11 is 6.41. The first-order valence-corrected chi connectivity index (χ1v) is 11.8. The Morgan fingerprint density at radius 2 is 1.71 bits per heavy atom. The van der Waals surface area contributed by atoms with Crippen molar-refractivity contribution in [1.82, 2.24) is 10.2 Å². The third-order valence-corrected chi connectivity index (χ3v) is 6.35. The Morgan fingerprint density at radius 3 is 2.39 bits per heavy atom. The molecule has 1 aliphatic rings. The number of rotatable bonds is 9. The number of hydrogen-bond donors (Lipinski definition) is 1. The molecule has 0 aromatic heterocycles. The minimum Gasteiger partial charge on any atom is -0.352 e. The van der Waals surface area contributed by atoms with Gasteiger partial charge in [0, 0.05) is 30.5 Å². The van der Waals surface area contributed by atoms with Crippen molar-refractivity contribution in [3.8, 4) is 0 Å². The lowest BCUT2D eigenvalue weighted by Gasteiger charge is -2.33. The number of hydrogen-bond acceptors (Lipinski definition) is 2. The quantitative estimate of drug-likeness (QED) is 0.557. The minimum absolute atomic E-state index is 0.0119. The first kappa shape index (κ1) is 23.3. The Hall–Kier alpha value is -2.33. The van der Waals surface area contributed by atoms with Crippen LogP contribution in [0.3, 0.4) is 0 Å². The van der Waals surface area contributed by atoms with Gasteiger partial charge in [-0.3, -0.25) is 9.59 Å². The fourth-order valence-corrected chi connectivity index (χ4v) is 4.46. The number of carbonyl (C=O) groups excluding carboxylic acids is 2. The van der Waals surface area contributed by atoms with Crippen LogP contribution in [0.1, 0.15) is 63.0 Å². The van der Waals surface area contributed by atoms with Gasteiger partial charge in [0.05, 0.1) is 0 Å². The van der Waals surface area contributed by atoms with E-state index in [2.05, 4.69) is 5.32 Å². The van der Waals surface area contributed by atoms with Crippen LogP contribution in [0.15, 0.2) is 54.6 Å². The number of nitrogens with one attached hydrogen (secondary N) is 1. The van der Waals surface area contributed by atoms with E-state index in [1.807, 2.05) is 61.5 Å². The first-order chi connectivity index (χ1) is 15.1. The molecule has 1 fully saturated rings. The standard InChI is InChI=1S/C26H33ClN2O2/c1-2-11-25(30)29(19-21-14-9-10-17-23(21)27)24(18-20-12-5-3-6-13-20)26(31)28-22-15-7-4-8-16-22/h3,5-6,9-10,12-14,17,22,24H,2,4,7-8,11,15-16,18-19H2,1H3,(H,28,31)/t24-/m0/s1. The largest absolute Gasteiger partial charge is 0.352 e. The maximum absolute atomic E-state index is 13.5. The zero-order chi connectivity index (χ0) is 22.1. The van der Waals surface area contributed by atoms with Crippen molar-refractivity contribution in [2.75, 3.05) is 0 Å². The van der Waals surface area contributed by atoms with Gasteiger partial charge < -0.3 is 10.2 Å². The van der Waals surface area contributed by atoms with Crippen LogP contribution in [0.2, 0.25) is 5.02 Å². The van der Waals surface area contributed by atoms with Gasteiger partial charge in [-0.1, -0.05) is 86.3 Å². The summed E-state index contributed by atoms with van der Waals surface area (Å²) in [6.07, 6.45) is 7.17. The highest BCUT2D eigenvalue weighted by Crippen LogP contribution is 2.22. The summed E-state index contributed by atoms with van der Waals surface area (Å²) < 4.78 is 0. The molecule has 1 aliphatic carbocycles. The van der Waals surface area contributed by atoms with Crippen LogP contribution in [0.5, 0.6) is 0 Å². The summed E-state index contributed by atoms with van der Waals surface area (Å²) in [6.45, 7) is 2.31. The van der Waals surface area contributed by atoms with E-state index in [1.54, 1.807) is 4.90 Å².